The van der Waals surface area contributed by atoms with Crippen LogP contribution in [0.1, 0.15) is 36.1 Å². The van der Waals surface area contributed by atoms with Gasteiger partial charge in [-0.3, -0.25) is 4.79 Å². The Morgan fingerprint density at radius 1 is 1.08 bits per heavy atom. The second-order valence-corrected chi connectivity index (χ2v) is 5.87. The third kappa shape index (κ3) is 4.75. The fraction of sp³-hybridized carbons (Fsp3) is 0.350. The number of hydrogen-bond donors (Lipinski definition) is 1. The second-order valence-electron chi connectivity index (χ2n) is 5.87. The number of nitrogens with one attached hydrogen (secondary N) is 1. The number of ether oxygens (including phenoxy) is 2. The van der Waals surface area contributed by atoms with E-state index in [-0.39, 0.29) is 11.9 Å². The predicted octanol–water partition coefficient (Wildman–Crippen LogP) is 3.82. The van der Waals surface area contributed by atoms with Crippen LogP contribution in [0, 0.1) is 6.92 Å². The smallest absolute Gasteiger partial charge is 0.220 e. The first-order valence-electron chi connectivity index (χ1n) is 8.10. The molecule has 1 amide bonds. The van der Waals surface area contributed by atoms with E-state index in [0.717, 1.165) is 28.2 Å². The van der Waals surface area contributed by atoms with Crippen molar-refractivity contribution in [1.29, 1.82) is 0 Å². The third-order valence-corrected chi connectivity index (χ3v) is 4.09. The van der Waals surface area contributed by atoms with Gasteiger partial charge in [-0.1, -0.05) is 24.3 Å². The molecule has 0 radical (unpaired) electrons. The van der Waals surface area contributed by atoms with Gasteiger partial charge in [0.05, 0.1) is 20.3 Å². The number of aryl methyl sites for hydroxylation is 2. The summed E-state index contributed by atoms with van der Waals surface area (Å²) in [6.07, 6.45) is 1.18. The molecule has 0 aromatic heterocycles. The zero-order valence-corrected chi connectivity index (χ0v) is 14.8. The maximum atomic E-state index is 12.2. The van der Waals surface area contributed by atoms with Crippen LogP contribution in [-0.4, -0.2) is 20.1 Å². The Morgan fingerprint density at radius 2 is 1.79 bits per heavy atom. The van der Waals surface area contributed by atoms with Crippen molar-refractivity contribution < 1.29 is 14.3 Å². The highest BCUT2D eigenvalue weighted by Crippen LogP contribution is 2.20. The average Bonchev–Trinajstić information content (AvgIpc) is 2.60. The van der Waals surface area contributed by atoms with Gasteiger partial charge < -0.3 is 14.8 Å². The van der Waals surface area contributed by atoms with Crippen molar-refractivity contribution in [2.45, 2.75) is 32.7 Å². The lowest BCUT2D eigenvalue weighted by Crippen LogP contribution is -2.26. The summed E-state index contributed by atoms with van der Waals surface area (Å²) in [6.45, 7) is 3.99. The molecular weight excluding hydrogens is 302 g/mol. The van der Waals surface area contributed by atoms with Crippen LogP contribution in [0.2, 0.25) is 0 Å². The molecular formula is C20H25NO3. The van der Waals surface area contributed by atoms with Crippen molar-refractivity contribution in [3.63, 3.8) is 0 Å². The Bertz CT molecular complexity index is 680. The van der Waals surface area contributed by atoms with Crippen LogP contribution >= 0.6 is 0 Å². The van der Waals surface area contributed by atoms with Gasteiger partial charge in [0.2, 0.25) is 5.91 Å². The third-order valence-electron chi connectivity index (χ3n) is 4.09. The van der Waals surface area contributed by atoms with Gasteiger partial charge >= 0.3 is 0 Å². The molecule has 0 spiro atoms. The maximum absolute atomic E-state index is 12.2. The molecule has 2 aromatic rings. The van der Waals surface area contributed by atoms with E-state index in [2.05, 4.69) is 11.4 Å². The quantitative estimate of drug-likeness (QED) is 0.841. The van der Waals surface area contributed by atoms with Crippen molar-refractivity contribution in [2.75, 3.05) is 14.2 Å². The first-order valence-corrected chi connectivity index (χ1v) is 8.10. The van der Waals surface area contributed by atoms with Crippen LogP contribution in [0.3, 0.4) is 0 Å². The van der Waals surface area contributed by atoms with E-state index in [9.17, 15) is 4.79 Å². The predicted molar refractivity (Wildman–Crippen MR) is 95.6 cm³/mol. The fourth-order valence-corrected chi connectivity index (χ4v) is 2.64. The summed E-state index contributed by atoms with van der Waals surface area (Å²) >= 11 is 0. The molecule has 0 bridgehead atoms. The van der Waals surface area contributed by atoms with Crippen molar-refractivity contribution in [2.24, 2.45) is 0 Å². The minimum Gasteiger partial charge on any atom is -0.497 e. The molecule has 2 rings (SSSR count). The van der Waals surface area contributed by atoms with Gasteiger partial charge in [-0.05, 0) is 55.2 Å². The van der Waals surface area contributed by atoms with Crippen molar-refractivity contribution in [3.05, 3.63) is 59.2 Å². The molecule has 0 saturated heterocycles. The van der Waals surface area contributed by atoms with E-state index < -0.39 is 0 Å². The molecule has 0 heterocycles. The molecule has 0 aliphatic carbocycles. The number of methoxy groups -OCH3 is 2. The summed E-state index contributed by atoms with van der Waals surface area (Å²) in [6, 6.07) is 13.7. The molecule has 1 N–H and O–H groups in total. The molecule has 128 valence electrons. The molecule has 0 aliphatic heterocycles. The lowest BCUT2D eigenvalue weighted by atomic mass is 10.0. The fourth-order valence-electron chi connectivity index (χ4n) is 2.64. The van der Waals surface area contributed by atoms with Gasteiger partial charge in [-0.2, -0.15) is 0 Å². The van der Waals surface area contributed by atoms with Gasteiger partial charge in [0, 0.05) is 6.42 Å². The normalized spacial score (nSPS) is 11.7. The summed E-state index contributed by atoms with van der Waals surface area (Å²) < 4.78 is 10.4. The highest BCUT2D eigenvalue weighted by Gasteiger charge is 2.10. The molecule has 0 aliphatic rings. The summed E-state index contributed by atoms with van der Waals surface area (Å²) in [5, 5.41) is 3.04. The van der Waals surface area contributed by atoms with Crippen molar-refractivity contribution in [3.8, 4) is 11.5 Å². The molecule has 24 heavy (non-hydrogen) atoms. The monoisotopic (exact) mass is 327 g/mol. The minimum absolute atomic E-state index is 0.0268. The minimum atomic E-state index is -0.0268. The number of benzene rings is 2. The lowest BCUT2D eigenvalue weighted by Gasteiger charge is -2.15. The van der Waals surface area contributed by atoms with E-state index in [4.69, 9.17) is 9.47 Å². The van der Waals surface area contributed by atoms with Crippen LogP contribution in [-0.2, 0) is 11.2 Å². The number of carbonyl (C=O) groups excluding carboxylic acids is 1. The highest BCUT2D eigenvalue weighted by atomic mass is 16.5. The van der Waals surface area contributed by atoms with Gasteiger partial charge in [0.15, 0.2) is 0 Å². The van der Waals surface area contributed by atoms with Crippen LogP contribution in [0.15, 0.2) is 42.5 Å². The van der Waals surface area contributed by atoms with Crippen LogP contribution < -0.4 is 14.8 Å². The second kappa shape index (κ2) is 8.39. The first kappa shape index (κ1) is 17.9. The van der Waals surface area contributed by atoms with Crippen LogP contribution in [0.5, 0.6) is 11.5 Å². The molecule has 4 nitrogen and oxygen atoms in total. The van der Waals surface area contributed by atoms with Gasteiger partial charge in [0.25, 0.3) is 0 Å². The SMILES string of the molecule is COc1ccc([C@H](C)NC(=O)CCc2ccc(OC)c(C)c2)cc1. The van der Waals surface area contributed by atoms with Crippen molar-refractivity contribution >= 4 is 5.91 Å². The standard InChI is InChI=1S/C20H25NO3/c1-14-13-16(5-11-19(14)24-4)6-12-20(22)21-15(2)17-7-9-18(23-3)10-8-17/h5,7-11,13,15H,6,12H2,1-4H3,(H,21,22)/t15-/m0/s1. The molecule has 1 atom stereocenters. The summed E-state index contributed by atoms with van der Waals surface area (Å²) in [5.74, 6) is 1.73. The van der Waals surface area contributed by atoms with E-state index in [0.29, 0.717) is 12.8 Å². The molecule has 2 aromatic carbocycles. The summed E-state index contributed by atoms with van der Waals surface area (Å²) in [5.41, 5.74) is 3.28. The molecule has 0 saturated carbocycles. The van der Waals surface area contributed by atoms with Gasteiger partial charge in [-0.15, -0.1) is 0 Å². The number of amides is 1. The largest absolute Gasteiger partial charge is 0.497 e. The zero-order chi connectivity index (χ0) is 17.5. The van der Waals surface area contributed by atoms with E-state index >= 15 is 0 Å². The molecule has 0 fully saturated rings. The Kier molecular flexibility index (Phi) is 6.24. The number of carbonyl (C=O) groups is 1. The maximum Gasteiger partial charge on any atom is 0.220 e. The van der Waals surface area contributed by atoms with Crippen molar-refractivity contribution in [1.82, 2.24) is 5.32 Å². The highest BCUT2D eigenvalue weighted by molar-refractivity contribution is 5.76. The van der Waals surface area contributed by atoms with E-state index in [1.807, 2.05) is 50.2 Å². The Balaban J connectivity index is 1.87. The molecule has 0 unspecified atom stereocenters. The lowest BCUT2D eigenvalue weighted by molar-refractivity contribution is -0.121. The summed E-state index contributed by atoms with van der Waals surface area (Å²) in [7, 11) is 3.30. The van der Waals surface area contributed by atoms with Crippen LogP contribution in [0.25, 0.3) is 0 Å². The Morgan fingerprint density at radius 3 is 2.38 bits per heavy atom. The zero-order valence-electron chi connectivity index (χ0n) is 14.8. The number of hydrogen-bond acceptors (Lipinski definition) is 3. The number of rotatable bonds is 7. The molecule has 4 heteroatoms. The summed E-state index contributed by atoms with van der Waals surface area (Å²) in [4.78, 5) is 12.2. The van der Waals surface area contributed by atoms with Gasteiger partial charge in [-0.25, -0.2) is 0 Å². The average molecular weight is 327 g/mol. The Hall–Kier alpha value is -2.49. The van der Waals surface area contributed by atoms with E-state index in [1.165, 1.54) is 0 Å². The van der Waals surface area contributed by atoms with E-state index in [1.54, 1.807) is 14.2 Å². The van der Waals surface area contributed by atoms with Crippen LogP contribution in [0.4, 0.5) is 0 Å². The topological polar surface area (TPSA) is 47.6 Å². The Labute approximate surface area is 143 Å². The first-order chi connectivity index (χ1) is 11.5. The van der Waals surface area contributed by atoms with Gasteiger partial charge in [0.1, 0.15) is 11.5 Å².